The number of benzene rings is 3. The second kappa shape index (κ2) is 11.3. The summed E-state index contributed by atoms with van der Waals surface area (Å²) in [4.78, 5) is 2.48. The Labute approximate surface area is 191 Å². The van der Waals surface area contributed by atoms with E-state index >= 15 is 0 Å². The van der Waals surface area contributed by atoms with Gasteiger partial charge in [0.15, 0.2) is 0 Å². The summed E-state index contributed by atoms with van der Waals surface area (Å²) in [5.41, 5.74) is 3.78. The van der Waals surface area contributed by atoms with Gasteiger partial charge in [0.1, 0.15) is 11.5 Å². The second-order valence-electron chi connectivity index (χ2n) is 8.86. The van der Waals surface area contributed by atoms with Gasteiger partial charge in [0.2, 0.25) is 0 Å². The molecule has 0 bridgehead atoms. The van der Waals surface area contributed by atoms with Crippen molar-refractivity contribution < 1.29 is 9.84 Å². The molecule has 0 spiro atoms. The molecule has 1 fully saturated rings. The molecule has 0 aliphatic carbocycles. The van der Waals surface area contributed by atoms with E-state index in [0.717, 1.165) is 56.9 Å². The van der Waals surface area contributed by atoms with Gasteiger partial charge in [-0.15, -0.1) is 0 Å². The fourth-order valence-electron chi connectivity index (χ4n) is 4.24. The van der Waals surface area contributed by atoms with Crippen LogP contribution in [0.25, 0.3) is 0 Å². The smallest absolute Gasteiger partial charge is 0.127 e. The van der Waals surface area contributed by atoms with E-state index in [1.807, 2.05) is 18.2 Å². The molecule has 1 unspecified atom stereocenters. The lowest BCUT2D eigenvalue weighted by atomic mass is 10.0. The number of nitrogens with one attached hydrogen (secondary N) is 1. The van der Waals surface area contributed by atoms with Crippen LogP contribution in [0, 0.1) is 6.92 Å². The maximum absolute atomic E-state index is 9.84. The zero-order valence-corrected chi connectivity index (χ0v) is 18.9. The summed E-state index contributed by atoms with van der Waals surface area (Å²) in [6, 6.07) is 27.5. The minimum atomic E-state index is -0.136. The zero-order valence-electron chi connectivity index (χ0n) is 18.9. The molecule has 1 heterocycles. The molecule has 1 aliphatic rings. The number of aliphatic hydroxyl groups excluding tert-OH is 1. The Hall–Kier alpha value is -2.66. The van der Waals surface area contributed by atoms with Crippen molar-refractivity contribution in [2.75, 3.05) is 19.6 Å². The Bertz CT molecular complexity index is 951. The number of nitrogens with zero attached hydrogens (tertiary/aromatic N) is 1. The van der Waals surface area contributed by atoms with Crippen LogP contribution in [0.4, 0.5) is 0 Å². The third-order valence-electron chi connectivity index (χ3n) is 6.11. The number of likely N-dealkylation sites (tertiary alicyclic amines) is 1. The standard InChI is InChI=1S/C28H34N2O2/c1-22-10-12-27(13-11-22)32-28-9-5-8-24(19-28)20-29-25(18-23-6-3-2-4-7-23)21-30-16-14-26(31)15-17-30/h2-13,19,25-26,29,31H,14-18,20-21H2,1H3. The molecule has 0 radical (unpaired) electrons. The zero-order chi connectivity index (χ0) is 22.2. The van der Waals surface area contributed by atoms with E-state index in [-0.39, 0.29) is 6.10 Å². The molecule has 1 atom stereocenters. The van der Waals surface area contributed by atoms with Crippen molar-refractivity contribution in [2.24, 2.45) is 0 Å². The minimum Gasteiger partial charge on any atom is -0.457 e. The summed E-state index contributed by atoms with van der Waals surface area (Å²) in [7, 11) is 0. The number of rotatable bonds is 9. The van der Waals surface area contributed by atoms with Crippen LogP contribution >= 0.6 is 0 Å². The quantitative estimate of drug-likeness (QED) is 0.504. The summed E-state index contributed by atoms with van der Waals surface area (Å²) in [5.74, 6) is 1.72. The van der Waals surface area contributed by atoms with Gasteiger partial charge in [-0.2, -0.15) is 0 Å². The minimum absolute atomic E-state index is 0.136. The first-order chi connectivity index (χ1) is 15.6. The molecule has 32 heavy (non-hydrogen) atoms. The fraction of sp³-hybridized carbons (Fsp3) is 0.357. The molecule has 0 saturated carbocycles. The first-order valence-electron chi connectivity index (χ1n) is 11.7. The Balaban J connectivity index is 1.38. The summed E-state index contributed by atoms with van der Waals surface area (Å²) in [5, 5.41) is 13.6. The first-order valence-corrected chi connectivity index (χ1v) is 11.7. The van der Waals surface area contributed by atoms with Crippen molar-refractivity contribution >= 4 is 0 Å². The predicted octanol–water partition coefficient (Wildman–Crippen LogP) is 4.94. The van der Waals surface area contributed by atoms with E-state index in [4.69, 9.17) is 4.74 Å². The lowest BCUT2D eigenvalue weighted by Crippen LogP contribution is -2.45. The van der Waals surface area contributed by atoms with Crippen molar-refractivity contribution in [3.63, 3.8) is 0 Å². The highest BCUT2D eigenvalue weighted by molar-refractivity contribution is 5.35. The van der Waals surface area contributed by atoms with Crippen LogP contribution < -0.4 is 10.1 Å². The third kappa shape index (κ3) is 6.92. The average molecular weight is 431 g/mol. The fourth-order valence-corrected chi connectivity index (χ4v) is 4.24. The topological polar surface area (TPSA) is 44.7 Å². The first kappa shape index (κ1) is 22.5. The lowest BCUT2D eigenvalue weighted by molar-refractivity contribution is 0.0776. The van der Waals surface area contributed by atoms with Crippen molar-refractivity contribution in [2.45, 2.75) is 44.9 Å². The van der Waals surface area contributed by atoms with Gasteiger partial charge in [-0.1, -0.05) is 60.2 Å². The number of aliphatic hydroxyl groups is 1. The summed E-state index contributed by atoms with van der Waals surface area (Å²) in [6.07, 6.45) is 2.59. The van der Waals surface area contributed by atoms with E-state index in [0.29, 0.717) is 6.04 Å². The Kier molecular flexibility index (Phi) is 7.94. The number of aryl methyl sites for hydroxylation is 1. The van der Waals surface area contributed by atoms with Gasteiger partial charge < -0.3 is 20.1 Å². The number of hydrogen-bond acceptors (Lipinski definition) is 4. The average Bonchev–Trinajstić information content (AvgIpc) is 2.81. The van der Waals surface area contributed by atoms with Crippen LogP contribution in [-0.4, -0.2) is 41.8 Å². The van der Waals surface area contributed by atoms with E-state index in [1.54, 1.807) is 0 Å². The number of piperidine rings is 1. The maximum Gasteiger partial charge on any atom is 0.127 e. The van der Waals surface area contributed by atoms with E-state index in [2.05, 4.69) is 77.8 Å². The van der Waals surface area contributed by atoms with Gasteiger partial charge in [-0.05, 0) is 61.6 Å². The summed E-state index contributed by atoms with van der Waals surface area (Å²) >= 11 is 0. The van der Waals surface area contributed by atoms with Crippen LogP contribution in [0.2, 0.25) is 0 Å². The maximum atomic E-state index is 9.84. The molecule has 0 aromatic heterocycles. The van der Waals surface area contributed by atoms with E-state index in [9.17, 15) is 5.11 Å². The molecule has 4 heteroatoms. The lowest BCUT2D eigenvalue weighted by Gasteiger charge is -2.33. The molecule has 3 aromatic carbocycles. The van der Waals surface area contributed by atoms with Gasteiger partial charge in [0.05, 0.1) is 6.10 Å². The highest BCUT2D eigenvalue weighted by Gasteiger charge is 2.20. The molecular formula is C28H34N2O2. The van der Waals surface area contributed by atoms with Gasteiger partial charge >= 0.3 is 0 Å². The third-order valence-corrected chi connectivity index (χ3v) is 6.11. The van der Waals surface area contributed by atoms with Crippen molar-refractivity contribution in [3.05, 3.63) is 95.6 Å². The predicted molar refractivity (Wildman–Crippen MR) is 130 cm³/mol. The largest absolute Gasteiger partial charge is 0.457 e. The molecule has 4 rings (SSSR count). The van der Waals surface area contributed by atoms with Crippen LogP contribution in [-0.2, 0) is 13.0 Å². The second-order valence-corrected chi connectivity index (χ2v) is 8.86. The van der Waals surface area contributed by atoms with Gasteiger partial charge in [0, 0.05) is 32.2 Å². The van der Waals surface area contributed by atoms with Crippen LogP contribution in [0.15, 0.2) is 78.9 Å². The molecule has 168 valence electrons. The van der Waals surface area contributed by atoms with Crippen molar-refractivity contribution in [3.8, 4) is 11.5 Å². The van der Waals surface area contributed by atoms with Crippen molar-refractivity contribution in [1.82, 2.24) is 10.2 Å². The summed E-state index contributed by atoms with van der Waals surface area (Å²) in [6.45, 7) is 5.79. The summed E-state index contributed by atoms with van der Waals surface area (Å²) < 4.78 is 6.05. The molecule has 1 saturated heterocycles. The SMILES string of the molecule is Cc1ccc(Oc2cccc(CNC(Cc3ccccc3)CN3CCC(O)CC3)c2)cc1. The number of hydrogen-bond donors (Lipinski definition) is 2. The van der Waals surface area contributed by atoms with Crippen molar-refractivity contribution in [1.29, 1.82) is 0 Å². The molecule has 0 amide bonds. The van der Waals surface area contributed by atoms with Gasteiger partial charge in [-0.25, -0.2) is 0 Å². The normalized spacial score (nSPS) is 16.1. The highest BCUT2D eigenvalue weighted by Crippen LogP contribution is 2.23. The Morgan fingerprint density at radius 2 is 1.62 bits per heavy atom. The molecule has 1 aliphatic heterocycles. The molecule has 3 aromatic rings. The monoisotopic (exact) mass is 430 g/mol. The van der Waals surface area contributed by atoms with Crippen LogP contribution in [0.1, 0.15) is 29.5 Å². The molecule has 2 N–H and O–H groups in total. The van der Waals surface area contributed by atoms with Crippen LogP contribution in [0.3, 0.4) is 0 Å². The molecule has 4 nitrogen and oxygen atoms in total. The Morgan fingerprint density at radius 3 is 2.38 bits per heavy atom. The Morgan fingerprint density at radius 1 is 0.906 bits per heavy atom. The van der Waals surface area contributed by atoms with Gasteiger partial charge in [0.25, 0.3) is 0 Å². The molecular weight excluding hydrogens is 396 g/mol. The number of ether oxygens (including phenoxy) is 1. The van der Waals surface area contributed by atoms with Crippen LogP contribution in [0.5, 0.6) is 11.5 Å². The van der Waals surface area contributed by atoms with E-state index < -0.39 is 0 Å². The highest BCUT2D eigenvalue weighted by atomic mass is 16.5. The van der Waals surface area contributed by atoms with E-state index in [1.165, 1.54) is 16.7 Å². The van der Waals surface area contributed by atoms with Gasteiger partial charge in [-0.3, -0.25) is 0 Å².